The van der Waals surface area contributed by atoms with E-state index >= 15 is 0 Å². The molecule has 0 radical (unpaired) electrons. The Bertz CT molecular complexity index is 551. The minimum Gasteiger partial charge on any atom is -0.121 e. The van der Waals surface area contributed by atoms with E-state index in [0.717, 1.165) is 23.7 Å². The highest BCUT2D eigenvalue weighted by Gasteiger charge is 2.16. The summed E-state index contributed by atoms with van der Waals surface area (Å²) in [7, 11) is 0. The lowest BCUT2D eigenvalue weighted by atomic mass is 10.1. The number of hydrogen-bond donors (Lipinski definition) is 0. The van der Waals surface area contributed by atoms with Crippen LogP contribution < -0.4 is 0 Å². The fraction of sp³-hybridized carbons (Fsp3) is 0.167. The molecule has 1 unspecified atom stereocenters. The third-order valence-electron chi connectivity index (χ3n) is 2.44. The van der Waals surface area contributed by atoms with Crippen LogP contribution >= 0.6 is 70.7 Å². The zero-order valence-corrected chi connectivity index (χ0v) is 15.1. The van der Waals surface area contributed by atoms with Crippen LogP contribution in [0.25, 0.3) is 0 Å². The van der Waals surface area contributed by atoms with Crippen LogP contribution in [0.4, 0.5) is 0 Å². The topological polar surface area (TPSA) is 0 Å². The van der Waals surface area contributed by atoms with Crippen LogP contribution in [0, 0.1) is 6.92 Å². The van der Waals surface area contributed by atoms with Gasteiger partial charge < -0.3 is 0 Å². The molecule has 1 heterocycles. The molecule has 5 heteroatoms. The Morgan fingerprint density at radius 2 is 1.94 bits per heavy atom. The average molecular weight is 459 g/mol. The Morgan fingerprint density at radius 3 is 2.47 bits per heavy atom. The highest BCUT2D eigenvalue weighted by molar-refractivity contribution is 9.12. The van der Waals surface area contributed by atoms with Gasteiger partial charge in [-0.05, 0) is 67.6 Å². The molecule has 0 bridgehead atoms. The summed E-state index contributed by atoms with van der Waals surface area (Å²) in [5, 5.41) is 0.803. The van der Waals surface area contributed by atoms with Gasteiger partial charge in [0.25, 0.3) is 0 Å². The number of thiophene rings is 1. The van der Waals surface area contributed by atoms with E-state index in [1.165, 1.54) is 5.56 Å². The van der Waals surface area contributed by atoms with Crippen molar-refractivity contribution in [3.63, 3.8) is 0 Å². The third kappa shape index (κ3) is 3.16. The summed E-state index contributed by atoms with van der Waals surface area (Å²) in [5.41, 5.74) is 3.47. The van der Waals surface area contributed by atoms with Crippen LogP contribution in [0.2, 0.25) is 5.02 Å². The molecule has 2 rings (SSSR count). The Kier molecular flexibility index (Phi) is 4.75. The van der Waals surface area contributed by atoms with Crippen molar-refractivity contribution in [3.8, 4) is 0 Å². The fourth-order valence-corrected chi connectivity index (χ4v) is 5.67. The quantitative estimate of drug-likeness (QED) is 0.438. The smallest absolute Gasteiger partial charge is 0.0757 e. The van der Waals surface area contributed by atoms with Gasteiger partial charge in [0, 0.05) is 5.02 Å². The SMILES string of the molecule is Cc1ccc(C(Br)c2cc(Br)sc2Br)cc1Cl. The van der Waals surface area contributed by atoms with E-state index < -0.39 is 0 Å². The summed E-state index contributed by atoms with van der Waals surface area (Å²) in [6.45, 7) is 2.01. The lowest BCUT2D eigenvalue weighted by Gasteiger charge is -2.11. The Balaban J connectivity index is 2.40. The summed E-state index contributed by atoms with van der Waals surface area (Å²) in [5.74, 6) is 0. The molecule has 2 aromatic rings. The maximum Gasteiger partial charge on any atom is 0.0757 e. The standard InChI is InChI=1S/C12H8Br3ClS/c1-6-2-3-7(4-9(6)16)11(14)8-5-10(13)17-12(8)15/h2-5,11H,1H3. The first-order chi connectivity index (χ1) is 7.99. The van der Waals surface area contributed by atoms with Crippen molar-refractivity contribution in [1.82, 2.24) is 0 Å². The van der Waals surface area contributed by atoms with Crippen molar-refractivity contribution >= 4 is 70.7 Å². The second kappa shape index (κ2) is 5.74. The molecule has 0 fully saturated rings. The number of benzene rings is 1. The highest BCUT2D eigenvalue weighted by Crippen LogP contribution is 2.42. The monoisotopic (exact) mass is 456 g/mol. The second-order valence-corrected chi connectivity index (χ2v) is 8.72. The maximum absolute atomic E-state index is 6.15. The molecular weight excluding hydrogens is 451 g/mol. The molecule has 0 amide bonds. The van der Waals surface area contributed by atoms with Crippen LogP contribution in [0.5, 0.6) is 0 Å². The molecule has 17 heavy (non-hydrogen) atoms. The molecule has 0 N–H and O–H groups in total. The van der Waals surface area contributed by atoms with E-state index in [0.29, 0.717) is 0 Å². The van der Waals surface area contributed by atoms with Crippen molar-refractivity contribution in [3.05, 3.63) is 53.6 Å². The molecule has 0 saturated heterocycles. The predicted octanol–water partition coefficient (Wildman–Crippen LogP) is 6.72. The van der Waals surface area contributed by atoms with E-state index in [1.54, 1.807) is 11.3 Å². The Labute approximate surface area is 135 Å². The van der Waals surface area contributed by atoms with Crippen molar-refractivity contribution in [2.24, 2.45) is 0 Å². The van der Waals surface area contributed by atoms with Crippen LogP contribution in [-0.4, -0.2) is 0 Å². The van der Waals surface area contributed by atoms with Gasteiger partial charge >= 0.3 is 0 Å². The van der Waals surface area contributed by atoms with Crippen molar-refractivity contribution in [1.29, 1.82) is 0 Å². The summed E-state index contributed by atoms with van der Waals surface area (Å²) in [6.07, 6.45) is 0. The first kappa shape index (κ1) is 14.1. The molecule has 0 aliphatic heterocycles. The van der Waals surface area contributed by atoms with Gasteiger partial charge in [0.15, 0.2) is 0 Å². The molecule has 1 atom stereocenters. The van der Waals surface area contributed by atoms with E-state index in [-0.39, 0.29) is 4.83 Å². The lowest BCUT2D eigenvalue weighted by molar-refractivity contribution is 1.18. The molecule has 90 valence electrons. The van der Waals surface area contributed by atoms with Crippen LogP contribution in [0.1, 0.15) is 21.5 Å². The number of hydrogen-bond acceptors (Lipinski definition) is 1. The lowest BCUT2D eigenvalue weighted by Crippen LogP contribution is -1.92. The molecule has 1 aromatic heterocycles. The van der Waals surface area contributed by atoms with Gasteiger partial charge in [0.05, 0.1) is 12.4 Å². The zero-order valence-electron chi connectivity index (χ0n) is 8.81. The molecular formula is C12H8Br3ClS. The van der Waals surface area contributed by atoms with Gasteiger partial charge in [0.2, 0.25) is 0 Å². The predicted molar refractivity (Wildman–Crippen MR) is 86.7 cm³/mol. The molecule has 0 nitrogen and oxygen atoms in total. The first-order valence-electron chi connectivity index (χ1n) is 4.84. The van der Waals surface area contributed by atoms with Gasteiger partial charge in [-0.15, -0.1) is 11.3 Å². The second-order valence-electron chi connectivity index (χ2n) is 3.65. The summed E-state index contributed by atoms with van der Waals surface area (Å²) < 4.78 is 2.24. The zero-order chi connectivity index (χ0) is 12.6. The molecule has 0 spiro atoms. The van der Waals surface area contributed by atoms with Crippen LogP contribution in [0.15, 0.2) is 31.8 Å². The van der Waals surface area contributed by atoms with Crippen LogP contribution in [0.3, 0.4) is 0 Å². The molecule has 0 aliphatic rings. The summed E-state index contributed by atoms with van der Waals surface area (Å²) >= 11 is 18.6. The van der Waals surface area contributed by atoms with E-state index in [1.807, 2.05) is 19.1 Å². The van der Waals surface area contributed by atoms with Gasteiger partial charge in [-0.1, -0.05) is 39.7 Å². The third-order valence-corrected chi connectivity index (χ3v) is 6.26. The Morgan fingerprint density at radius 1 is 1.24 bits per heavy atom. The van der Waals surface area contributed by atoms with Gasteiger partial charge in [0.1, 0.15) is 0 Å². The molecule has 1 aromatic carbocycles. The average Bonchev–Trinajstić information content (AvgIpc) is 2.61. The number of alkyl halides is 1. The molecule has 0 aliphatic carbocycles. The highest BCUT2D eigenvalue weighted by atomic mass is 79.9. The Hall–Kier alpha value is 0.650. The largest absolute Gasteiger partial charge is 0.121 e. The van der Waals surface area contributed by atoms with E-state index in [9.17, 15) is 0 Å². The minimum absolute atomic E-state index is 0.150. The fourth-order valence-electron chi connectivity index (χ4n) is 1.47. The number of rotatable bonds is 2. The molecule has 0 saturated carbocycles. The van der Waals surface area contributed by atoms with E-state index in [4.69, 9.17) is 11.6 Å². The van der Waals surface area contributed by atoms with E-state index in [2.05, 4.69) is 59.9 Å². The minimum atomic E-state index is 0.150. The number of aryl methyl sites for hydroxylation is 1. The van der Waals surface area contributed by atoms with Crippen molar-refractivity contribution in [2.45, 2.75) is 11.8 Å². The maximum atomic E-state index is 6.15. The van der Waals surface area contributed by atoms with Crippen molar-refractivity contribution < 1.29 is 0 Å². The van der Waals surface area contributed by atoms with Gasteiger partial charge in [-0.2, -0.15) is 0 Å². The normalized spacial score (nSPS) is 12.8. The van der Waals surface area contributed by atoms with Crippen LogP contribution in [-0.2, 0) is 0 Å². The van der Waals surface area contributed by atoms with Gasteiger partial charge in [-0.25, -0.2) is 0 Å². The van der Waals surface area contributed by atoms with Crippen molar-refractivity contribution in [2.75, 3.05) is 0 Å². The number of halogens is 4. The first-order valence-corrected chi connectivity index (χ1v) is 8.53. The summed E-state index contributed by atoms with van der Waals surface area (Å²) in [4.78, 5) is 0.150. The van der Waals surface area contributed by atoms with Gasteiger partial charge in [-0.3, -0.25) is 0 Å². The summed E-state index contributed by atoms with van der Waals surface area (Å²) in [6, 6.07) is 8.26.